The highest BCUT2D eigenvalue weighted by molar-refractivity contribution is 5.71. The first-order chi connectivity index (χ1) is 8.65. The van der Waals surface area contributed by atoms with Crippen molar-refractivity contribution in [2.24, 2.45) is 17.8 Å². The van der Waals surface area contributed by atoms with Gasteiger partial charge in [-0.1, -0.05) is 6.92 Å². The summed E-state index contributed by atoms with van der Waals surface area (Å²) in [4.78, 5) is 14.1. The molecule has 3 heteroatoms. The molecule has 3 aliphatic rings. The smallest absolute Gasteiger partial charge is 0.308 e. The molecular formula is C15H25NO2. The fourth-order valence-electron chi connectivity index (χ4n) is 3.57. The van der Waals surface area contributed by atoms with Crippen LogP contribution in [0.15, 0.2) is 0 Å². The monoisotopic (exact) mass is 251 g/mol. The largest absolute Gasteiger partial charge is 0.481 e. The number of hydrogen-bond acceptors (Lipinski definition) is 2. The van der Waals surface area contributed by atoms with Crippen LogP contribution in [0.4, 0.5) is 0 Å². The van der Waals surface area contributed by atoms with Gasteiger partial charge in [-0.15, -0.1) is 0 Å². The molecule has 0 aliphatic heterocycles. The second-order valence-electron chi connectivity index (χ2n) is 6.80. The van der Waals surface area contributed by atoms with Gasteiger partial charge in [-0.25, -0.2) is 0 Å². The van der Waals surface area contributed by atoms with Gasteiger partial charge in [-0.05, 0) is 56.8 Å². The van der Waals surface area contributed by atoms with Crippen LogP contribution in [0.2, 0.25) is 0 Å². The maximum absolute atomic E-state index is 11.5. The van der Waals surface area contributed by atoms with Gasteiger partial charge in [0.1, 0.15) is 0 Å². The van der Waals surface area contributed by atoms with Crippen molar-refractivity contribution in [3.8, 4) is 0 Å². The molecular weight excluding hydrogens is 226 g/mol. The minimum absolute atomic E-state index is 0.111. The van der Waals surface area contributed by atoms with Crippen LogP contribution in [0.3, 0.4) is 0 Å². The molecule has 0 aromatic rings. The molecule has 1 N–H and O–H groups in total. The average molecular weight is 251 g/mol. The molecule has 3 saturated carbocycles. The van der Waals surface area contributed by atoms with Gasteiger partial charge < -0.3 is 5.11 Å². The molecule has 0 bridgehead atoms. The fourth-order valence-corrected chi connectivity index (χ4v) is 3.57. The second kappa shape index (κ2) is 4.84. The molecule has 0 saturated heterocycles. The van der Waals surface area contributed by atoms with Crippen LogP contribution in [0, 0.1) is 17.8 Å². The van der Waals surface area contributed by atoms with Gasteiger partial charge in [0.2, 0.25) is 0 Å². The minimum atomic E-state index is -0.562. The Balaban J connectivity index is 1.72. The fraction of sp³-hybridized carbons (Fsp3) is 0.933. The number of carboxylic acid groups (broad SMARTS) is 1. The van der Waals surface area contributed by atoms with Crippen molar-refractivity contribution in [1.82, 2.24) is 4.90 Å². The number of aliphatic carboxylic acids is 1. The van der Waals surface area contributed by atoms with Crippen LogP contribution in [0.1, 0.15) is 51.9 Å². The second-order valence-corrected chi connectivity index (χ2v) is 6.80. The Morgan fingerprint density at radius 3 is 2.44 bits per heavy atom. The molecule has 3 nitrogen and oxygen atoms in total. The lowest BCUT2D eigenvalue weighted by Crippen LogP contribution is -2.48. The summed E-state index contributed by atoms with van der Waals surface area (Å²) in [6.45, 7) is 3.46. The van der Waals surface area contributed by atoms with Crippen molar-refractivity contribution in [2.75, 3.05) is 6.54 Å². The minimum Gasteiger partial charge on any atom is -0.481 e. The Morgan fingerprint density at radius 1 is 1.17 bits per heavy atom. The van der Waals surface area contributed by atoms with E-state index in [9.17, 15) is 9.90 Å². The zero-order valence-electron chi connectivity index (χ0n) is 11.3. The first-order valence-corrected chi connectivity index (χ1v) is 7.63. The maximum Gasteiger partial charge on any atom is 0.308 e. The molecule has 3 unspecified atom stereocenters. The normalized spacial score (nSPS) is 36.9. The lowest BCUT2D eigenvalue weighted by atomic mass is 9.78. The summed E-state index contributed by atoms with van der Waals surface area (Å²) >= 11 is 0. The van der Waals surface area contributed by atoms with Gasteiger partial charge in [0.15, 0.2) is 0 Å². The standard InChI is InChI=1S/C15H25NO2/c1-10-2-7-13(15(17)18)14(8-10)16(12-5-6-12)9-11-3-4-11/h10-14H,2-9H2,1H3,(H,17,18). The Kier molecular flexibility index (Phi) is 3.35. The Hall–Kier alpha value is -0.570. The molecule has 0 amide bonds. The van der Waals surface area contributed by atoms with Crippen LogP contribution >= 0.6 is 0 Å². The van der Waals surface area contributed by atoms with E-state index in [1.807, 2.05) is 0 Å². The van der Waals surface area contributed by atoms with Crippen molar-refractivity contribution in [3.05, 3.63) is 0 Å². The summed E-state index contributed by atoms with van der Waals surface area (Å²) in [6.07, 6.45) is 8.39. The van der Waals surface area contributed by atoms with Gasteiger partial charge in [0, 0.05) is 18.6 Å². The van der Waals surface area contributed by atoms with E-state index in [2.05, 4.69) is 11.8 Å². The SMILES string of the molecule is CC1CCC(C(=O)O)C(N(CC2CC2)C2CC2)C1. The predicted octanol–water partition coefficient (Wildman–Crippen LogP) is 2.75. The topological polar surface area (TPSA) is 40.5 Å². The predicted molar refractivity (Wildman–Crippen MR) is 70.4 cm³/mol. The maximum atomic E-state index is 11.5. The highest BCUT2D eigenvalue weighted by Gasteiger charge is 2.44. The van der Waals surface area contributed by atoms with E-state index in [1.165, 1.54) is 32.2 Å². The summed E-state index contributed by atoms with van der Waals surface area (Å²) < 4.78 is 0. The van der Waals surface area contributed by atoms with Gasteiger partial charge in [0.25, 0.3) is 0 Å². The molecule has 3 rings (SSSR count). The highest BCUT2D eigenvalue weighted by Crippen LogP contribution is 2.41. The lowest BCUT2D eigenvalue weighted by Gasteiger charge is -2.40. The first kappa shape index (κ1) is 12.5. The number of nitrogens with zero attached hydrogens (tertiary/aromatic N) is 1. The lowest BCUT2D eigenvalue weighted by molar-refractivity contribution is -0.146. The third-order valence-electron chi connectivity index (χ3n) is 5.00. The molecule has 0 spiro atoms. The van der Waals surface area contributed by atoms with E-state index in [1.54, 1.807) is 0 Å². The molecule has 0 aromatic heterocycles. The number of rotatable bonds is 5. The van der Waals surface area contributed by atoms with Crippen LogP contribution in [0.25, 0.3) is 0 Å². The van der Waals surface area contributed by atoms with Crippen LogP contribution in [-0.2, 0) is 4.79 Å². The molecule has 3 aliphatic carbocycles. The summed E-state index contributed by atoms with van der Waals surface area (Å²) in [6, 6.07) is 1.03. The van der Waals surface area contributed by atoms with Crippen molar-refractivity contribution < 1.29 is 9.90 Å². The van der Waals surface area contributed by atoms with E-state index in [4.69, 9.17) is 0 Å². The van der Waals surface area contributed by atoms with Crippen molar-refractivity contribution in [2.45, 2.75) is 64.0 Å². The zero-order valence-corrected chi connectivity index (χ0v) is 11.3. The van der Waals surface area contributed by atoms with Crippen LogP contribution in [-0.4, -0.2) is 34.6 Å². The van der Waals surface area contributed by atoms with E-state index in [0.717, 1.165) is 25.2 Å². The van der Waals surface area contributed by atoms with Gasteiger partial charge >= 0.3 is 5.97 Å². The summed E-state index contributed by atoms with van der Waals surface area (Å²) in [5.41, 5.74) is 0. The van der Waals surface area contributed by atoms with Gasteiger partial charge in [0.05, 0.1) is 5.92 Å². The first-order valence-electron chi connectivity index (χ1n) is 7.63. The van der Waals surface area contributed by atoms with Gasteiger partial charge in [-0.2, -0.15) is 0 Å². The Bertz CT molecular complexity index is 322. The number of carboxylic acids is 1. The van der Waals surface area contributed by atoms with Crippen molar-refractivity contribution in [1.29, 1.82) is 0 Å². The highest BCUT2D eigenvalue weighted by atomic mass is 16.4. The quantitative estimate of drug-likeness (QED) is 0.816. The van der Waals surface area contributed by atoms with Crippen LogP contribution < -0.4 is 0 Å². The molecule has 3 fully saturated rings. The van der Waals surface area contributed by atoms with Gasteiger partial charge in [-0.3, -0.25) is 9.69 Å². The molecule has 0 heterocycles. The van der Waals surface area contributed by atoms with Crippen molar-refractivity contribution >= 4 is 5.97 Å². The van der Waals surface area contributed by atoms with Crippen LogP contribution in [0.5, 0.6) is 0 Å². The number of hydrogen-bond donors (Lipinski definition) is 1. The van der Waals surface area contributed by atoms with E-state index < -0.39 is 5.97 Å². The third kappa shape index (κ3) is 2.71. The molecule has 0 aromatic carbocycles. The third-order valence-corrected chi connectivity index (χ3v) is 5.00. The van der Waals surface area contributed by atoms with E-state index >= 15 is 0 Å². The molecule has 18 heavy (non-hydrogen) atoms. The number of carbonyl (C=O) groups is 1. The van der Waals surface area contributed by atoms with E-state index in [0.29, 0.717) is 18.0 Å². The molecule has 3 atom stereocenters. The van der Waals surface area contributed by atoms with Crippen molar-refractivity contribution in [3.63, 3.8) is 0 Å². The van der Waals surface area contributed by atoms with E-state index in [-0.39, 0.29) is 5.92 Å². The average Bonchev–Trinajstić information content (AvgIpc) is 3.18. The zero-order chi connectivity index (χ0) is 12.7. The molecule has 0 radical (unpaired) electrons. The summed E-state index contributed by atoms with van der Waals surface area (Å²) in [7, 11) is 0. The Labute approximate surface area is 110 Å². The molecule has 102 valence electrons. The summed E-state index contributed by atoms with van der Waals surface area (Å²) in [5.74, 6) is 0.900. The summed E-state index contributed by atoms with van der Waals surface area (Å²) in [5, 5.41) is 9.47. The Morgan fingerprint density at radius 2 is 1.89 bits per heavy atom.